The van der Waals surface area contributed by atoms with Gasteiger partial charge in [0.2, 0.25) is 15.9 Å². The highest BCUT2D eigenvalue weighted by Crippen LogP contribution is 2.24. The second-order valence-corrected chi connectivity index (χ2v) is 8.89. The van der Waals surface area contributed by atoms with Gasteiger partial charge >= 0.3 is 0 Å². The maximum absolute atomic E-state index is 12.8. The lowest BCUT2D eigenvalue weighted by Gasteiger charge is -2.26. The minimum Gasteiger partial charge on any atom is -0.379 e. The van der Waals surface area contributed by atoms with Gasteiger partial charge in [0.15, 0.2) is 0 Å². The van der Waals surface area contributed by atoms with Crippen LogP contribution in [0.3, 0.4) is 0 Å². The van der Waals surface area contributed by atoms with E-state index in [1.165, 1.54) is 4.31 Å². The van der Waals surface area contributed by atoms with E-state index in [-0.39, 0.29) is 10.8 Å². The highest BCUT2D eigenvalue weighted by Gasteiger charge is 2.26. The molecule has 1 N–H and O–H groups in total. The second-order valence-electron chi connectivity index (χ2n) is 6.17. The predicted octanol–water partition coefficient (Wildman–Crippen LogP) is 2.65. The Labute approximate surface area is 157 Å². The normalized spacial score (nSPS) is 15.7. The van der Waals surface area contributed by atoms with Gasteiger partial charge in [0.05, 0.1) is 18.1 Å². The number of nitrogens with one attached hydrogen (secondary N) is 1. The van der Waals surface area contributed by atoms with E-state index in [1.807, 2.05) is 23.8 Å². The molecular weight excluding hydrogens is 372 g/mol. The molecule has 1 saturated heterocycles. The molecule has 1 amide bonds. The lowest BCUT2D eigenvalue weighted by atomic mass is 10.1. The Morgan fingerprint density at radius 1 is 1.27 bits per heavy atom. The van der Waals surface area contributed by atoms with Gasteiger partial charge in [-0.3, -0.25) is 4.79 Å². The minimum absolute atomic E-state index is 0.125. The molecule has 0 aliphatic carbocycles. The number of sulfonamides is 1. The van der Waals surface area contributed by atoms with E-state index in [0.29, 0.717) is 44.8 Å². The van der Waals surface area contributed by atoms with Gasteiger partial charge in [-0.15, -0.1) is 0 Å². The number of hydrogen-bond donors (Lipinski definition) is 1. The summed E-state index contributed by atoms with van der Waals surface area (Å²) in [6.07, 6.45) is 1.02. The van der Waals surface area contributed by atoms with Gasteiger partial charge in [0.25, 0.3) is 0 Å². The number of ether oxygens (including phenoxy) is 1. The summed E-state index contributed by atoms with van der Waals surface area (Å²) in [4.78, 5) is 12.4. The molecule has 3 rings (SSSR count). The molecule has 1 aliphatic heterocycles. The number of thiophene rings is 1. The van der Waals surface area contributed by atoms with Crippen LogP contribution in [0, 0.1) is 6.92 Å². The topological polar surface area (TPSA) is 75.7 Å². The third-order valence-electron chi connectivity index (χ3n) is 4.31. The highest BCUT2D eigenvalue weighted by molar-refractivity contribution is 7.89. The Balaban J connectivity index is 1.71. The average Bonchev–Trinajstić information content (AvgIpc) is 3.16. The summed E-state index contributed by atoms with van der Waals surface area (Å²) in [5.41, 5.74) is 2.50. The number of morpholine rings is 1. The number of nitrogens with zero attached hydrogens (tertiary/aromatic N) is 1. The summed E-state index contributed by atoms with van der Waals surface area (Å²) in [6.45, 7) is 3.34. The molecule has 26 heavy (non-hydrogen) atoms. The monoisotopic (exact) mass is 394 g/mol. The standard InChI is InChI=1S/C18H22N2O4S2/c1-14-2-4-16(26(22,23)20-7-9-24-10-8-20)12-17(14)19-18(21)5-3-15-6-11-25-13-15/h2,4,6,11-13H,3,5,7-10H2,1H3,(H,19,21). The quantitative estimate of drug-likeness (QED) is 0.817. The van der Waals surface area contributed by atoms with Gasteiger partial charge < -0.3 is 10.1 Å². The summed E-state index contributed by atoms with van der Waals surface area (Å²) < 4.78 is 32.2. The molecule has 0 atom stereocenters. The predicted molar refractivity (Wildman–Crippen MR) is 102 cm³/mol. The zero-order chi connectivity index (χ0) is 18.6. The van der Waals surface area contributed by atoms with Crippen molar-refractivity contribution in [1.82, 2.24) is 4.31 Å². The third kappa shape index (κ3) is 4.50. The van der Waals surface area contributed by atoms with Crippen LogP contribution in [0.1, 0.15) is 17.5 Å². The van der Waals surface area contributed by atoms with Gasteiger partial charge in [0, 0.05) is 25.2 Å². The summed E-state index contributed by atoms with van der Waals surface area (Å²) in [7, 11) is -3.58. The lowest BCUT2D eigenvalue weighted by Crippen LogP contribution is -2.40. The van der Waals surface area contributed by atoms with Crippen molar-refractivity contribution in [2.45, 2.75) is 24.7 Å². The van der Waals surface area contributed by atoms with Crippen molar-refractivity contribution in [3.63, 3.8) is 0 Å². The molecule has 140 valence electrons. The zero-order valence-electron chi connectivity index (χ0n) is 14.6. The average molecular weight is 395 g/mol. The van der Waals surface area contributed by atoms with Crippen LogP contribution < -0.4 is 5.32 Å². The summed E-state index contributed by atoms with van der Waals surface area (Å²) in [5.74, 6) is -0.125. The number of carbonyl (C=O) groups is 1. The van der Waals surface area contributed by atoms with E-state index in [4.69, 9.17) is 4.74 Å². The maximum Gasteiger partial charge on any atom is 0.243 e. The Morgan fingerprint density at radius 3 is 2.73 bits per heavy atom. The van der Waals surface area contributed by atoms with E-state index in [1.54, 1.807) is 29.5 Å². The fourth-order valence-electron chi connectivity index (χ4n) is 2.74. The molecule has 0 saturated carbocycles. The molecule has 1 aromatic carbocycles. The number of amides is 1. The SMILES string of the molecule is Cc1ccc(S(=O)(=O)N2CCOCC2)cc1NC(=O)CCc1ccsc1. The molecule has 1 aliphatic rings. The fourth-order valence-corrected chi connectivity index (χ4v) is 4.88. The number of carbonyl (C=O) groups excluding carboxylic acids is 1. The first-order valence-corrected chi connectivity index (χ1v) is 10.8. The molecule has 6 nitrogen and oxygen atoms in total. The van der Waals surface area contributed by atoms with E-state index >= 15 is 0 Å². The molecule has 2 aromatic rings. The largest absolute Gasteiger partial charge is 0.379 e. The smallest absolute Gasteiger partial charge is 0.243 e. The first-order valence-electron chi connectivity index (χ1n) is 8.46. The molecule has 0 radical (unpaired) electrons. The highest BCUT2D eigenvalue weighted by atomic mass is 32.2. The van der Waals surface area contributed by atoms with Crippen molar-refractivity contribution >= 4 is 33.0 Å². The molecule has 0 spiro atoms. The summed E-state index contributed by atoms with van der Waals surface area (Å²) in [6, 6.07) is 6.85. The van der Waals surface area contributed by atoms with Crippen LogP contribution >= 0.6 is 11.3 Å². The Kier molecular flexibility index (Phi) is 6.08. The van der Waals surface area contributed by atoms with Crippen LogP contribution in [0.2, 0.25) is 0 Å². The minimum atomic E-state index is -3.58. The van der Waals surface area contributed by atoms with Gasteiger partial charge in [-0.1, -0.05) is 6.07 Å². The fraction of sp³-hybridized carbons (Fsp3) is 0.389. The molecule has 8 heteroatoms. The second kappa shape index (κ2) is 8.30. The van der Waals surface area contributed by atoms with Crippen molar-refractivity contribution in [1.29, 1.82) is 0 Å². The molecule has 0 bridgehead atoms. The van der Waals surface area contributed by atoms with Crippen LogP contribution in [0.25, 0.3) is 0 Å². The number of hydrogen-bond acceptors (Lipinski definition) is 5. The number of aryl methyl sites for hydroxylation is 2. The summed E-state index contributed by atoms with van der Waals surface area (Å²) >= 11 is 1.60. The van der Waals surface area contributed by atoms with Gasteiger partial charge in [-0.25, -0.2) is 8.42 Å². The third-order valence-corrected chi connectivity index (χ3v) is 6.94. The van der Waals surface area contributed by atoms with E-state index < -0.39 is 10.0 Å². The lowest BCUT2D eigenvalue weighted by molar-refractivity contribution is -0.116. The number of anilines is 1. The van der Waals surface area contributed by atoms with E-state index in [0.717, 1.165) is 11.1 Å². The van der Waals surface area contributed by atoms with Crippen molar-refractivity contribution in [2.75, 3.05) is 31.6 Å². The zero-order valence-corrected chi connectivity index (χ0v) is 16.2. The van der Waals surface area contributed by atoms with Gasteiger partial charge in [0.1, 0.15) is 0 Å². The molecule has 1 aromatic heterocycles. The van der Waals surface area contributed by atoms with Crippen molar-refractivity contribution in [2.24, 2.45) is 0 Å². The van der Waals surface area contributed by atoms with Gasteiger partial charge in [-0.05, 0) is 53.4 Å². The van der Waals surface area contributed by atoms with Crippen molar-refractivity contribution < 1.29 is 17.9 Å². The number of benzene rings is 1. The van der Waals surface area contributed by atoms with Crippen LogP contribution in [-0.4, -0.2) is 44.9 Å². The molecular formula is C18H22N2O4S2. The van der Waals surface area contributed by atoms with Crippen LogP contribution in [-0.2, 0) is 26.0 Å². The molecule has 0 unspecified atom stereocenters. The molecule has 2 heterocycles. The van der Waals surface area contributed by atoms with Crippen LogP contribution in [0.5, 0.6) is 0 Å². The Bertz CT molecular complexity index is 857. The number of rotatable bonds is 6. The first-order chi connectivity index (χ1) is 12.5. The van der Waals surface area contributed by atoms with Crippen molar-refractivity contribution in [3.05, 3.63) is 46.2 Å². The molecule has 1 fully saturated rings. The Hall–Kier alpha value is -1.74. The van der Waals surface area contributed by atoms with Crippen LogP contribution in [0.15, 0.2) is 39.9 Å². The first kappa shape index (κ1) is 19.0. The maximum atomic E-state index is 12.8. The van der Waals surface area contributed by atoms with Gasteiger partial charge in [-0.2, -0.15) is 15.6 Å². The van der Waals surface area contributed by atoms with E-state index in [9.17, 15) is 13.2 Å². The summed E-state index contributed by atoms with van der Waals surface area (Å²) in [5, 5.41) is 6.85. The van der Waals surface area contributed by atoms with Crippen LogP contribution in [0.4, 0.5) is 5.69 Å². The van der Waals surface area contributed by atoms with Crippen molar-refractivity contribution in [3.8, 4) is 0 Å². The Morgan fingerprint density at radius 2 is 2.04 bits per heavy atom. The van der Waals surface area contributed by atoms with E-state index in [2.05, 4.69) is 5.32 Å².